The Balaban J connectivity index is 2.36. The lowest BCUT2D eigenvalue weighted by Gasteiger charge is -2.09. The van der Waals surface area contributed by atoms with Crippen molar-refractivity contribution in [2.75, 3.05) is 0 Å². The number of nitrogens with zero attached hydrogens (tertiary/aromatic N) is 2. The lowest BCUT2D eigenvalue weighted by atomic mass is 10.1. The Hall–Kier alpha value is -2.87. The molecule has 2 aromatic carbocycles. The van der Waals surface area contributed by atoms with Gasteiger partial charge in [0.1, 0.15) is 11.5 Å². The van der Waals surface area contributed by atoms with Gasteiger partial charge in [-0.3, -0.25) is 10.1 Å². The molecule has 0 aliphatic rings. The van der Waals surface area contributed by atoms with E-state index in [0.29, 0.717) is 22.6 Å². The summed E-state index contributed by atoms with van der Waals surface area (Å²) in [5.74, 6) is 0.980. The predicted molar refractivity (Wildman–Crippen MR) is 73.8 cm³/mol. The molecule has 5 heteroatoms. The highest BCUT2D eigenvalue weighted by Gasteiger charge is 2.14. The van der Waals surface area contributed by atoms with E-state index in [1.54, 1.807) is 37.3 Å². The molecule has 0 aliphatic carbocycles. The van der Waals surface area contributed by atoms with Crippen molar-refractivity contribution in [2.24, 2.45) is 0 Å². The Morgan fingerprint density at radius 1 is 1.25 bits per heavy atom. The van der Waals surface area contributed by atoms with Crippen LogP contribution in [0.5, 0.6) is 11.5 Å². The molecule has 20 heavy (non-hydrogen) atoms. The van der Waals surface area contributed by atoms with Crippen LogP contribution in [-0.4, -0.2) is 4.92 Å². The number of aryl methyl sites for hydroxylation is 1. The Morgan fingerprint density at radius 3 is 2.60 bits per heavy atom. The fourth-order valence-corrected chi connectivity index (χ4v) is 1.86. The van der Waals surface area contributed by atoms with Gasteiger partial charge in [0, 0.05) is 6.07 Å². The molecule has 2 aromatic rings. The maximum atomic E-state index is 10.9. The zero-order chi connectivity index (χ0) is 14.7. The highest BCUT2D eigenvalue weighted by molar-refractivity contribution is 5.50. The van der Waals surface area contributed by atoms with Crippen LogP contribution < -0.4 is 4.74 Å². The summed E-state index contributed by atoms with van der Waals surface area (Å²) in [5.41, 5.74) is 1.87. The molecule has 0 atom stereocenters. The van der Waals surface area contributed by atoms with E-state index in [9.17, 15) is 10.1 Å². The average Bonchev–Trinajstić information content (AvgIpc) is 2.41. The SMILES string of the molecule is Cc1cc(Oc2cccc([N+](=O)[O-])c2C)ccc1C#N. The normalized spacial score (nSPS) is 9.85. The minimum atomic E-state index is -0.438. The minimum absolute atomic E-state index is 0.0212. The molecule has 0 unspecified atom stereocenters. The van der Waals surface area contributed by atoms with Gasteiger partial charge in [0.05, 0.1) is 22.1 Å². The smallest absolute Gasteiger partial charge is 0.276 e. The molecule has 0 aromatic heterocycles. The average molecular weight is 268 g/mol. The summed E-state index contributed by atoms with van der Waals surface area (Å²) in [6.45, 7) is 3.45. The summed E-state index contributed by atoms with van der Waals surface area (Å²) in [6, 6.07) is 11.8. The summed E-state index contributed by atoms with van der Waals surface area (Å²) < 4.78 is 5.67. The Labute approximate surface area is 116 Å². The highest BCUT2D eigenvalue weighted by atomic mass is 16.6. The zero-order valence-corrected chi connectivity index (χ0v) is 11.1. The number of hydrogen-bond donors (Lipinski definition) is 0. The lowest BCUT2D eigenvalue weighted by molar-refractivity contribution is -0.385. The summed E-state index contributed by atoms with van der Waals surface area (Å²) in [7, 11) is 0. The van der Waals surface area contributed by atoms with Crippen LogP contribution in [0.25, 0.3) is 0 Å². The molecule has 0 aliphatic heterocycles. The third-order valence-corrected chi connectivity index (χ3v) is 3.00. The van der Waals surface area contributed by atoms with E-state index in [2.05, 4.69) is 6.07 Å². The number of ether oxygens (including phenoxy) is 1. The summed E-state index contributed by atoms with van der Waals surface area (Å²) in [5, 5.41) is 19.8. The molecule has 0 saturated carbocycles. The van der Waals surface area contributed by atoms with Crippen LogP contribution in [0.2, 0.25) is 0 Å². The molecule has 2 rings (SSSR count). The van der Waals surface area contributed by atoms with Crippen LogP contribution in [-0.2, 0) is 0 Å². The third kappa shape index (κ3) is 2.59. The van der Waals surface area contributed by atoms with Crippen molar-refractivity contribution < 1.29 is 9.66 Å². The number of nitro groups is 1. The van der Waals surface area contributed by atoms with E-state index in [0.717, 1.165) is 5.56 Å². The predicted octanol–water partition coefficient (Wildman–Crippen LogP) is 3.88. The molecule has 0 fully saturated rings. The maximum Gasteiger partial charge on any atom is 0.276 e. The van der Waals surface area contributed by atoms with Crippen LogP contribution >= 0.6 is 0 Å². The molecule has 0 bridgehead atoms. The van der Waals surface area contributed by atoms with E-state index in [-0.39, 0.29) is 5.69 Å². The zero-order valence-electron chi connectivity index (χ0n) is 11.1. The number of nitriles is 1. The molecule has 100 valence electrons. The minimum Gasteiger partial charge on any atom is -0.457 e. The van der Waals surface area contributed by atoms with Crippen molar-refractivity contribution in [3.63, 3.8) is 0 Å². The van der Waals surface area contributed by atoms with Crippen LogP contribution in [0, 0.1) is 35.3 Å². The Bertz CT molecular complexity index is 718. The van der Waals surface area contributed by atoms with Gasteiger partial charge in [-0.1, -0.05) is 6.07 Å². The van der Waals surface area contributed by atoms with Crippen molar-refractivity contribution in [3.05, 3.63) is 63.2 Å². The molecule has 0 saturated heterocycles. The Morgan fingerprint density at radius 2 is 2.00 bits per heavy atom. The lowest BCUT2D eigenvalue weighted by Crippen LogP contribution is -1.95. The first-order valence-corrected chi connectivity index (χ1v) is 5.95. The van der Waals surface area contributed by atoms with Gasteiger partial charge in [0.15, 0.2) is 0 Å². The van der Waals surface area contributed by atoms with Crippen LogP contribution in [0.3, 0.4) is 0 Å². The summed E-state index contributed by atoms with van der Waals surface area (Å²) in [4.78, 5) is 10.4. The molecule has 0 amide bonds. The first-order valence-electron chi connectivity index (χ1n) is 5.95. The van der Waals surface area contributed by atoms with Gasteiger partial charge in [-0.25, -0.2) is 0 Å². The van der Waals surface area contributed by atoms with Gasteiger partial charge in [0.25, 0.3) is 5.69 Å². The van der Waals surface area contributed by atoms with Gasteiger partial charge in [-0.15, -0.1) is 0 Å². The van der Waals surface area contributed by atoms with E-state index < -0.39 is 4.92 Å². The van der Waals surface area contributed by atoms with Crippen molar-refractivity contribution in [3.8, 4) is 17.6 Å². The van der Waals surface area contributed by atoms with Crippen LogP contribution in [0.1, 0.15) is 16.7 Å². The second-order valence-electron chi connectivity index (χ2n) is 4.35. The fourth-order valence-electron chi connectivity index (χ4n) is 1.86. The molecule has 0 heterocycles. The Kier molecular flexibility index (Phi) is 3.67. The third-order valence-electron chi connectivity index (χ3n) is 3.00. The van der Waals surface area contributed by atoms with Gasteiger partial charge >= 0.3 is 0 Å². The molecule has 5 nitrogen and oxygen atoms in total. The second kappa shape index (κ2) is 5.41. The summed E-state index contributed by atoms with van der Waals surface area (Å²) in [6.07, 6.45) is 0. The number of nitro benzene ring substituents is 1. The standard InChI is InChI=1S/C15H12N2O3/c1-10-8-13(7-6-12(10)9-16)20-15-5-3-4-14(11(15)2)17(18)19/h3-8H,1-2H3. The number of hydrogen-bond acceptors (Lipinski definition) is 4. The maximum absolute atomic E-state index is 10.9. The van der Waals surface area contributed by atoms with E-state index in [1.807, 2.05) is 6.92 Å². The monoisotopic (exact) mass is 268 g/mol. The fraction of sp³-hybridized carbons (Fsp3) is 0.133. The quantitative estimate of drug-likeness (QED) is 0.625. The van der Waals surface area contributed by atoms with Crippen LogP contribution in [0.15, 0.2) is 36.4 Å². The highest BCUT2D eigenvalue weighted by Crippen LogP contribution is 2.31. The van der Waals surface area contributed by atoms with Crippen molar-refractivity contribution >= 4 is 5.69 Å². The van der Waals surface area contributed by atoms with Gasteiger partial charge < -0.3 is 4.74 Å². The van der Waals surface area contributed by atoms with Gasteiger partial charge in [0.2, 0.25) is 0 Å². The molecule has 0 spiro atoms. The van der Waals surface area contributed by atoms with Gasteiger partial charge in [-0.2, -0.15) is 5.26 Å². The van der Waals surface area contributed by atoms with E-state index in [1.165, 1.54) is 6.07 Å². The first kappa shape index (κ1) is 13.6. The first-order chi connectivity index (χ1) is 9.52. The van der Waals surface area contributed by atoms with Crippen molar-refractivity contribution in [1.82, 2.24) is 0 Å². The van der Waals surface area contributed by atoms with Crippen LogP contribution in [0.4, 0.5) is 5.69 Å². The van der Waals surface area contributed by atoms with E-state index in [4.69, 9.17) is 10.00 Å². The second-order valence-corrected chi connectivity index (χ2v) is 4.35. The molecule has 0 radical (unpaired) electrons. The van der Waals surface area contributed by atoms with Gasteiger partial charge in [-0.05, 0) is 43.7 Å². The largest absolute Gasteiger partial charge is 0.457 e. The molecular weight excluding hydrogens is 256 g/mol. The van der Waals surface area contributed by atoms with Crippen molar-refractivity contribution in [1.29, 1.82) is 5.26 Å². The van der Waals surface area contributed by atoms with E-state index >= 15 is 0 Å². The summed E-state index contributed by atoms with van der Waals surface area (Å²) >= 11 is 0. The molecular formula is C15H12N2O3. The molecule has 0 N–H and O–H groups in total. The number of benzene rings is 2. The van der Waals surface area contributed by atoms with Crippen molar-refractivity contribution in [2.45, 2.75) is 13.8 Å². The topological polar surface area (TPSA) is 76.2 Å². The number of rotatable bonds is 3.